The number of halogens is 1. The molecule has 1 atom stereocenters. The van der Waals surface area contributed by atoms with Crippen LogP contribution in [0, 0.1) is 16.7 Å². The van der Waals surface area contributed by atoms with Crippen molar-refractivity contribution in [3.8, 4) is 6.07 Å². The molecule has 0 amide bonds. The molecule has 1 saturated heterocycles. The van der Waals surface area contributed by atoms with Gasteiger partial charge in [0.05, 0.1) is 27.8 Å². The van der Waals surface area contributed by atoms with Crippen molar-refractivity contribution >= 4 is 23.3 Å². The minimum Gasteiger partial charge on any atom is -0.481 e. The molecule has 0 spiro atoms. The lowest BCUT2D eigenvalue weighted by Gasteiger charge is -2.41. The van der Waals surface area contributed by atoms with Crippen LogP contribution in [0.25, 0.3) is 0 Å². The zero-order valence-corrected chi connectivity index (χ0v) is 12.9. The van der Waals surface area contributed by atoms with Gasteiger partial charge in [0, 0.05) is 13.1 Å². The van der Waals surface area contributed by atoms with E-state index in [9.17, 15) is 9.90 Å². The van der Waals surface area contributed by atoms with E-state index < -0.39 is 11.4 Å². The Bertz CT molecular complexity index is 578. The number of carboxylic acids is 1. The van der Waals surface area contributed by atoms with Gasteiger partial charge in [0.1, 0.15) is 0 Å². The van der Waals surface area contributed by atoms with Gasteiger partial charge in [0.15, 0.2) is 0 Å². The maximum Gasteiger partial charge on any atom is 0.311 e. The lowest BCUT2D eigenvalue weighted by atomic mass is 9.76. The molecule has 0 aliphatic carbocycles. The van der Waals surface area contributed by atoms with Crippen LogP contribution in [0.15, 0.2) is 18.2 Å². The van der Waals surface area contributed by atoms with Gasteiger partial charge >= 0.3 is 5.97 Å². The van der Waals surface area contributed by atoms with Gasteiger partial charge in [0.25, 0.3) is 0 Å². The summed E-state index contributed by atoms with van der Waals surface area (Å²) >= 11 is 6.25. The van der Waals surface area contributed by atoms with Crippen molar-refractivity contribution in [2.45, 2.75) is 32.6 Å². The van der Waals surface area contributed by atoms with Gasteiger partial charge in [0.2, 0.25) is 0 Å². The van der Waals surface area contributed by atoms with E-state index in [4.69, 9.17) is 16.9 Å². The molecule has 112 valence electrons. The van der Waals surface area contributed by atoms with E-state index in [0.717, 1.165) is 25.1 Å². The smallest absolute Gasteiger partial charge is 0.311 e. The molecule has 2 rings (SSSR count). The fourth-order valence-corrected chi connectivity index (χ4v) is 3.43. The van der Waals surface area contributed by atoms with E-state index in [1.165, 1.54) is 0 Å². The second-order valence-electron chi connectivity index (χ2n) is 5.64. The van der Waals surface area contributed by atoms with Crippen LogP contribution in [0.2, 0.25) is 5.02 Å². The molecular formula is C16H19ClN2O2. The van der Waals surface area contributed by atoms with E-state index in [2.05, 4.69) is 6.07 Å². The molecule has 1 fully saturated rings. The van der Waals surface area contributed by atoms with Crippen molar-refractivity contribution in [3.63, 3.8) is 0 Å². The Balaban J connectivity index is 2.29. The summed E-state index contributed by atoms with van der Waals surface area (Å²) in [5.74, 6) is -0.723. The van der Waals surface area contributed by atoms with Crippen LogP contribution >= 0.6 is 11.6 Å². The molecule has 0 radical (unpaired) electrons. The first kappa shape index (κ1) is 15.7. The predicted molar refractivity (Wildman–Crippen MR) is 82.6 cm³/mol. The summed E-state index contributed by atoms with van der Waals surface area (Å²) in [6.45, 7) is 3.28. The average molecular weight is 307 g/mol. The Hall–Kier alpha value is -1.73. The molecular weight excluding hydrogens is 288 g/mol. The summed E-state index contributed by atoms with van der Waals surface area (Å²) in [7, 11) is 0. The fraction of sp³-hybridized carbons (Fsp3) is 0.500. The van der Waals surface area contributed by atoms with Crippen LogP contribution in [0.5, 0.6) is 0 Å². The molecule has 0 saturated carbocycles. The molecule has 4 nitrogen and oxygen atoms in total. The van der Waals surface area contributed by atoms with Crippen molar-refractivity contribution < 1.29 is 9.90 Å². The highest BCUT2D eigenvalue weighted by molar-refractivity contribution is 6.33. The van der Waals surface area contributed by atoms with Gasteiger partial charge < -0.3 is 10.0 Å². The van der Waals surface area contributed by atoms with Gasteiger partial charge in [-0.25, -0.2) is 0 Å². The first-order valence-electron chi connectivity index (χ1n) is 7.20. The minimum absolute atomic E-state index is 0.474. The van der Waals surface area contributed by atoms with Crippen LogP contribution in [-0.2, 0) is 4.79 Å². The molecule has 1 N–H and O–H groups in total. The number of hydrogen-bond donors (Lipinski definition) is 1. The Labute approximate surface area is 129 Å². The summed E-state index contributed by atoms with van der Waals surface area (Å²) in [5, 5.41) is 19.0. The predicted octanol–water partition coefficient (Wildman–Crippen LogP) is 3.68. The standard InChI is InChI=1S/C16H19ClN2O2/c1-2-6-16(15(20)21)7-3-8-19(11-16)14-5-4-12(10-18)9-13(14)17/h4-5,9H,2-3,6-8,11H2,1H3,(H,20,21). The molecule has 1 aliphatic heterocycles. The van der Waals surface area contributed by atoms with Crippen LogP contribution in [0.1, 0.15) is 38.2 Å². The average Bonchev–Trinajstić information content (AvgIpc) is 2.47. The van der Waals surface area contributed by atoms with Crippen molar-refractivity contribution in [1.82, 2.24) is 0 Å². The lowest BCUT2D eigenvalue weighted by molar-refractivity contribution is -0.150. The van der Waals surface area contributed by atoms with Gasteiger partial charge in [-0.1, -0.05) is 24.9 Å². The second-order valence-corrected chi connectivity index (χ2v) is 6.05. The minimum atomic E-state index is -0.723. The van der Waals surface area contributed by atoms with Gasteiger partial charge in [-0.15, -0.1) is 0 Å². The molecule has 1 heterocycles. The maximum absolute atomic E-state index is 11.7. The Morgan fingerprint density at radius 3 is 2.90 bits per heavy atom. The summed E-state index contributed by atoms with van der Waals surface area (Å²) < 4.78 is 0. The molecule has 1 unspecified atom stereocenters. The third-order valence-electron chi connectivity index (χ3n) is 4.18. The zero-order chi connectivity index (χ0) is 15.5. The number of carboxylic acid groups (broad SMARTS) is 1. The number of anilines is 1. The molecule has 0 aromatic heterocycles. The highest BCUT2D eigenvalue weighted by Gasteiger charge is 2.41. The van der Waals surface area contributed by atoms with Crippen LogP contribution in [0.3, 0.4) is 0 Å². The maximum atomic E-state index is 11.7. The summed E-state index contributed by atoms with van der Waals surface area (Å²) in [4.78, 5) is 13.8. The van der Waals surface area contributed by atoms with E-state index in [-0.39, 0.29) is 0 Å². The molecule has 1 aromatic rings. The van der Waals surface area contributed by atoms with Crippen molar-refractivity contribution in [3.05, 3.63) is 28.8 Å². The number of aliphatic carboxylic acids is 1. The third kappa shape index (κ3) is 3.14. The van der Waals surface area contributed by atoms with Crippen LogP contribution in [-0.4, -0.2) is 24.2 Å². The summed E-state index contributed by atoms with van der Waals surface area (Å²) in [6, 6.07) is 7.22. The molecule has 1 aromatic carbocycles. The van der Waals surface area contributed by atoms with Gasteiger partial charge in [-0.05, 0) is 37.5 Å². The molecule has 0 bridgehead atoms. The van der Waals surface area contributed by atoms with Crippen molar-refractivity contribution in [2.75, 3.05) is 18.0 Å². The second kappa shape index (κ2) is 6.36. The monoisotopic (exact) mass is 306 g/mol. The Morgan fingerprint density at radius 1 is 1.57 bits per heavy atom. The number of benzene rings is 1. The molecule has 5 heteroatoms. The van der Waals surface area contributed by atoms with Gasteiger partial charge in [-0.2, -0.15) is 5.26 Å². The number of piperidine rings is 1. The van der Waals surface area contributed by atoms with E-state index >= 15 is 0 Å². The van der Waals surface area contributed by atoms with E-state index in [1.54, 1.807) is 12.1 Å². The number of hydrogen-bond acceptors (Lipinski definition) is 3. The number of rotatable bonds is 4. The highest BCUT2D eigenvalue weighted by atomic mass is 35.5. The lowest BCUT2D eigenvalue weighted by Crippen LogP contribution is -2.48. The largest absolute Gasteiger partial charge is 0.481 e. The van der Waals surface area contributed by atoms with Crippen LogP contribution < -0.4 is 4.90 Å². The topological polar surface area (TPSA) is 64.3 Å². The quantitative estimate of drug-likeness (QED) is 0.921. The normalized spacial score (nSPS) is 21.9. The Morgan fingerprint density at radius 2 is 2.33 bits per heavy atom. The third-order valence-corrected chi connectivity index (χ3v) is 4.48. The van der Waals surface area contributed by atoms with Gasteiger partial charge in [-0.3, -0.25) is 4.79 Å². The van der Waals surface area contributed by atoms with E-state index in [1.807, 2.05) is 17.9 Å². The zero-order valence-electron chi connectivity index (χ0n) is 12.1. The number of carbonyl (C=O) groups is 1. The summed E-state index contributed by atoms with van der Waals surface area (Å²) in [6.07, 6.45) is 3.07. The van der Waals surface area contributed by atoms with Crippen LogP contribution in [0.4, 0.5) is 5.69 Å². The SMILES string of the molecule is CCCC1(C(=O)O)CCCN(c2ccc(C#N)cc2Cl)C1. The highest BCUT2D eigenvalue weighted by Crippen LogP contribution is 2.38. The summed E-state index contributed by atoms with van der Waals surface area (Å²) in [5.41, 5.74) is 0.639. The first-order valence-corrected chi connectivity index (χ1v) is 7.58. The fourth-order valence-electron chi connectivity index (χ4n) is 3.13. The molecule has 1 aliphatic rings. The number of nitrogens with zero attached hydrogens (tertiary/aromatic N) is 2. The first-order chi connectivity index (χ1) is 10.0. The Kier molecular flexibility index (Phi) is 4.74. The molecule has 21 heavy (non-hydrogen) atoms. The van der Waals surface area contributed by atoms with Crippen molar-refractivity contribution in [1.29, 1.82) is 5.26 Å². The van der Waals surface area contributed by atoms with Crippen molar-refractivity contribution in [2.24, 2.45) is 5.41 Å². The van der Waals surface area contributed by atoms with E-state index in [0.29, 0.717) is 30.0 Å². The number of nitriles is 1.